The van der Waals surface area contributed by atoms with Gasteiger partial charge in [-0.1, -0.05) is 12.1 Å². The average molecular weight is 331 g/mol. The normalized spacial score (nSPS) is 11.7. The average Bonchev–Trinajstić information content (AvgIpc) is 2.95. The Balaban J connectivity index is 2.13. The summed E-state index contributed by atoms with van der Waals surface area (Å²) in [4.78, 5) is 24.9. The van der Waals surface area contributed by atoms with E-state index in [0.29, 0.717) is 5.69 Å². The van der Waals surface area contributed by atoms with Gasteiger partial charge >= 0.3 is 5.97 Å². The molecule has 0 spiro atoms. The summed E-state index contributed by atoms with van der Waals surface area (Å²) >= 11 is 2.80. The molecule has 2 heterocycles. The van der Waals surface area contributed by atoms with Crippen molar-refractivity contribution in [3.05, 3.63) is 36.2 Å². The third-order valence-corrected chi connectivity index (χ3v) is 5.17. The molecule has 0 fully saturated rings. The molecule has 0 aliphatic carbocycles. The summed E-state index contributed by atoms with van der Waals surface area (Å²) in [5.41, 5.74) is 4.28. The summed E-state index contributed by atoms with van der Waals surface area (Å²) in [5, 5.41) is 9.33. The number of benzene rings is 1. The van der Waals surface area contributed by atoms with Crippen molar-refractivity contribution >= 4 is 39.3 Å². The molecule has 0 unspecified atom stereocenters. The zero-order chi connectivity index (χ0) is 15.7. The van der Waals surface area contributed by atoms with E-state index >= 15 is 0 Å². The van der Waals surface area contributed by atoms with Gasteiger partial charge < -0.3 is 5.11 Å². The molecule has 22 heavy (non-hydrogen) atoms. The lowest BCUT2D eigenvalue weighted by atomic mass is 10.1. The van der Waals surface area contributed by atoms with Crippen molar-refractivity contribution in [2.75, 3.05) is 0 Å². The molecule has 0 saturated carbocycles. The minimum atomic E-state index is -0.963. The fourth-order valence-corrected chi connectivity index (χ4v) is 3.70. The minimum Gasteiger partial charge on any atom is -0.480 e. The first-order valence-electron chi connectivity index (χ1n) is 6.54. The molecule has 2 aromatic heterocycles. The molecule has 0 amide bonds. The summed E-state index contributed by atoms with van der Waals surface area (Å²) in [6.07, 6.45) is 3.13. The molecule has 0 aliphatic heterocycles. The summed E-state index contributed by atoms with van der Waals surface area (Å²) in [6.45, 7) is 3.33. The molecule has 3 aromatic rings. The van der Waals surface area contributed by atoms with E-state index in [2.05, 4.69) is 15.0 Å². The molecule has 7 heteroatoms. The van der Waals surface area contributed by atoms with Gasteiger partial charge in [0.1, 0.15) is 11.1 Å². The van der Waals surface area contributed by atoms with Crippen molar-refractivity contribution in [1.82, 2.24) is 15.0 Å². The number of fused-ring (bicyclic) bond motifs is 1. The Hall–Kier alpha value is -1.99. The number of thiazole rings is 1. The van der Waals surface area contributed by atoms with Crippen molar-refractivity contribution in [2.45, 2.75) is 23.5 Å². The fraction of sp³-hybridized carbons (Fsp3) is 0.200. The third kappa shape index (κ3) is 2.69. The number of nitrogens with zero attached hydrogens (tertiary/aromatic N) is 3. The van der Waals surface area contributed by atoms with Gasteiger partial charge in [0.25, 0.3) is 0 Å². The minimum absolute atomic E-state index is 0.714. The molecular formula is C15H13N3O2S2. The standard InChI is InChI=1S/C15H13N3O2S2/c1-15(2,14(19)20)22-11-6-16-7-17-13(11)9-4-3-5-10-12(9)18-8-21-10/h3-8H,1-2H3,(H,19,20). The van der Waals surface area contributed by atoms with Gasteiger partial charge in [0.05, 0.1) is 26.3 Å². The first kappa shape index (κ1) is 14.9. The number of carboxylic acids is 1. The lowest BCUT2D eigenvalue weighted by Crippen LogP contribution is -2.27. The lowest BCUT2D eigenvalue weighted by molar-refractivity contribution is -0.138. The molecule has 0 aliphatic rings. The van der Waals surface area contributed by atoms with Crippen LogP contribution in [0.1, 0.15) is 13.8 Å². The number of para-hydroxylation sites is 1. The van der Waals surface area contributed by atoms with E-state index in [1.54, 1.807) is 36.9 Å². The van der Waals surface area contributed by atoms with Gasteiger partial charge in [0.15, 0.2) is 0 Å². The molecule has 5 nitrogen and oxygen atoms in total. The van der Waals surface area contributed by atoms with Crippen LogP contribution in [-0.4, -0.2) is 30.8 Å². The highest BCUT2D eigenvalue weighted by Gasteiger charge is 2.30. The quantitative estimate of drug-likeness (QED) is 0.735. The van der Waals surface area contributed by atoms with E-state index in [1.165, 1.54) is 18.1 Å². The number of hydrogen-bond acceptors (Lipinski definition) is 6. The second kappa shape index (κ2) is 5.66. The number of thioether (sulfide) groups is 1. The third-order valence-electron chi connectivity index (χ3n) is 3.17. The van der Waals surface area contributed by atoms with Crippen molar-refractivity contribution in [3.8, 4) is 11.3 Å². The maximum Gasteiger partial charge on any atom is 0.319 e. The van der Waals surface area contributed by atoms with Gasteiger partial charge in [-0.3, -0.25) is 4.79 Å². The van der Waals surface area contributed by atoms with E-state index < -0.39 is 10.7 Å². The monoisotopic (exact) mass is 331 g/mol. The van der Waals surface area contributed by atoms with Gasteiger partial charge in [-0.05, 0) is 19.9 Å². The molecule has 0 bridgehead atoms. The fourth-order valence-electron chi connectivity index (χ4n) is 1.99. The van der Waals surface area contributed by atoms with Crippen LogP contribution >= 0.6 is 23.1 Å². The van der Waals surface area contributed by atoms with Crippen LogP contribution in [0.15, 0.2) is 41.1 Å². The largest absolute Gasteiger partial charge is 0.480 e. The zero-order valence-electron chi connectivity index (χ0n) is 12.0. The van der Waals surface area contributed by atoms with Crippen LogP contribution in [0.2, 0.25) is 0 Å². The number of aromatic nitrogens is 3. The summed E-state index contributed by atoms with van der Waals surface area (Å²) in [5.74, 6) is -0.876. The molecule has 0 saturated heterocycles. The highest BCUT2D eigenvalue weighted by Crippen LogP contribution is 2.39. The first-order chi connectivity index (χ1) is 10.5. The summed E-state index contributed by atoms with van der Waals surface area (Å²) < 4.78 is 0.111. The van der Waals surface area contributed by atoms with E-state index in [0.717, 1.165) is 20.7 Å². The Morgan fingerprint density at radius 3 is 2.91 bits per heavy atom. The number of aliphatic carboxylic acids is 1. The van der Waals surface area contributed by atoms with E-state index in [1.807, 2.05) is 18.2 Å². The molecule has 1 N–H and O–H groups in total. The smallest absolute Gasteiger partial charge is 0.319 e. The molecule has 3 rings (SSSR count). The SMILES string of the molecule is CC(C)(Sc1cncnc1-c1cccc2scnc12)C(=O)O. The number of hydrogen-bond donors (Lipinski definition) is 1. The van der Waals surface area contributed by atoms with Crippen LogP contribution < -0.4 is 0 Å². The number of carbonyl (C=O) groups is 1. The first-order valence-corrected chi connectivity index (χ1v) is 8.23. The maximum atomic E-state index is 11.4. The molecule has 0 atom stereocenters. The lowest BCUT2D eigenvalue weighted by Gasteiger charge is -2.19. The summed E-state index contributed by atoms with van der Waals surface area (Å²) in [6, 6.07) is 5.91. The van der Waals surface area contributed by atoms with Crippen molar-refractivity contribution in [1.29, 1.82) is 0 Å². The van der Waals surface area contributed by atoms with E-state index in [-0.39, 0.29) is 0 Å². The highest BCUT2D eigenvalue weighted by atomic mass is 32.2. The Bertz CT molecular complexity index is 845. The van der Waals surface area contributed by atoms with Gasteiger partial charge in [0.2, 0.25) is 0 Å². The van der Waals surface area contributed by atoms with Crippen molar-refractivity contribution in [2.24, 2.45) is 0 Å². The predicted octanol–water partition coefficient (Wildman–Crippen LogP) is 3.71. The molecular weight excluding hydrogens is 318 g/mol. The Morgan fingerprint density at radius 2 is 2.14 bits per heavy atom. The van der Waals surface area contributed by atoms with Crippen LogP contribution in [0.5, 0.6) is 0 Å². The number of rotatable bonds is 4. The maximum absolute atomic E-state index is 11.4. The van der Waals surface area contributed by atoms with Crippen LogP contribution in [0.25, 0.3) is 21.5 Å². The van der Waals surface area contributed by atoms with Crippen molar-refractivity contribution in [3.63, 3.8) is 0 Å². The Morgan fingerprint density at radius 1 is 1.32 bits per heavy atom. The second-order valence-corrected chi connectivity index (χ2v) is 7.71. The van der Waals surface area contributed by atoms with E-state index in [9.17, 15) is 9.90 Å². The van der Waals surface area contributed by atoms with Gasteiger partial charge in [-0.25, -0.2) is 15.0 Å². The van der Waals surface area contributed by atoms with Crippen molar-refractivity contribution < 1.29 is 9.90 Å². The van der Waals surface area contributed by atoms with Gasteiger partial charge in [0, 0.05) is 11.8 Å². The van der Waals surface area contributed by atoms with Crippen LogP contribution in [0, 0.1) is 0 Å². The highest BCUT2D eigenvalue weighted by molar-refractivity contribution is 8.01. The predicted molar refractivity (Wildman–Crippen MR) is 88.2 cm³/mol. The molecule has 112 valence electrons. The van der Waals surface area contributed by atoms with E-state index in [4.69, 9.17) is 0 Å². The van der Waals surface area contributed by atoms with Gasteiger partial charge in [-0.2, -0.15) is 0 Å². The Kier molecular flexibility index (Phi) is 3.84. The Labute approximate surface area is 135 Å². The second-order valence-electron chi connectivity index (χ2n) is 5.16. The van der Waals surface area contributed by atoms with Gasteiger partial charge in [-0.15, -0.1) is 23.1 Å². The molecule has 1 aromatic carbocycles. The zero-order valence-corrected chi connectivity index (χ0v) is 13.6. The van der Waals surface area contributed by atoms with Crippen LogP contribution in [0.4, 0.5) is 0 Å². The van der Waals surface area contributed by atoms with Crippen LogP contribution in [0.3, 0.4) is 0 Å². The topological polar surface area (TPSA) is 76.0 Å². The van der Waals surface area contributed by atoms with Crippen LogP contribution in [-0.2, 0) is 4.79 Å². The number of carboxylic acid groups (broad SMARTS) is 1. The molecule has 0 radical (unpaired) electrons. The summed E-state index contributed by atoms with van der Waals surface area (Å²) in [7, 11) is 0.